The van der Waals surface area contributed by atoms with Crippen molar-refractivity contribution in [3.05, 3.63) is 12.5 Å². The zero-order valence-corrected chi connectivity index (χ0v) is 9.96. The molecule has 0 spiro atoms. The van der Waals surface area contributed by atoms with Crippen molar-refractivity contribution in [2.75, 3.05) is 13.2 Å². The molecular formula is C8H13ClN2O3S. The number of imidazole rings is 1. The fourth-order valence-electron chi connectivity index (χ4n) is 1.00. The highest BCUT2D eigenvalue weighted by molar-refractivity contribution is 8.13. The van der Waals surface area contributed by atoms with Crippen molar-refractivity contribution in [3.8, 4) is 0 Å². The Bertz CT molecular complexity index is 402. The Balaban J connectivity index is 2.47. The van der Waals surface area contributed by atoms with Crippen LogP contribution in [-0.4, -0.2) is 31.2 Å². The molecule has 1 aromatic heterocycles. The van der Waals surface area contributed by atoms with Crippen molar-refractivity contribution in [2.45, 2.75) is 24.9 Å². The summed E-state index contributed by atoms with van der Waals surface area (Å²) in [7, 11) is 1.40. The van der Waals surface area contributed by atoms with Gasteiger partial charge in [-0.3, -0.25) is 0 Å². The summed E-state index contributed by atoms with van der Waals surface area (Å²) in [5.74, 6) is 0. The van der Waals surface area contributed by atoms with Crippen LogP contribution >= 0.6 is 10.7 Å². The first-order valence-corrected chi connectivity index (χ1v) is 6.89. The third-order valence-electron chi connectivity index (χ3n) is 1.70. The second-order valence-electron chi connectivity index (χ2n) is 3.00. The van der Waals surface area contributed by atoms with Gasteiger partial charge in [-0.2, -0.15) is 0 Å². The Morgan fingerprint density at radius 2 is 2.27 bits per heavy atom. The molecule has 0 saturated heterocycles. The molecule has 0 bridgehead atoms. The van der Waals surface area contributed by atoms with E-state index in [1.165, 1.54) is 12.5 Å². The zero-order valence-electron chi connectivity index (χ0n) is 8.39. The molecule has 7 heteroatoms. The second kappa shape index (κ2) is 5.48. The third kappa shape index (κ3) is 4.19. The molecule has 1 rings (SSSR count). The van der Waals surface area contributed by atoms with Gasteiger partial charge in [0.2, 0.25) is 0 Å². The van der Waals surface area contributed by atoms with Gasteiger partial charge in [-0.05, 0) is 6.42 Å². The molecular weight excluding hydrogens is 240 g/mol. The molecule has 1 aromatic rings. The maximum absolute atomic E-state index is 10.9. The first-order valence-electron chi connectivity index (χ1n) is 4.58. The minimum Gasteiger partial charge on any atom is -0.380 e. The summed E-state index contributed by atoms with van der Waals surface area (Å²) in [5.41, 5.74) is 0. The molecule has 0 atom stereocenters. The Morgan fingerprint density at radius 1 is 1.53 bits per heavy atom. The molecule has 0 amide bonds. The Kier molecular flexibility index (Phi) is 4.56. The summed E-state index contributed by atoms with van der Waals surface area (Å²) in [5, 5.41) is -0.125. The summed E-state index contributed by atoms with van der Waals surface area (Å²) in [6.07, 6.45) is 3.77. The van der Waals surface area contributed by atoms with E-state index < -0.39 is 9.05 Å². The zero-order chi connectivity index (χ0) is 11.3. The van der Waals surface area contributed by atoms with Gasteiger partial charge in [0.15, 0.2) is 5.03 Å². The van der Waals surface area contributed by atoms with Gasteiger partial charge in [0.1, 0.15) is 0 Å². The standard InChI is InChI=1S/C8H13ClN2O3S/c1-2-4-14-5-3-11-6-8(10-7-11)15(9,12)13/h6-7H,2-5H2,1H3. The summed E-state index contributed by atoms with van der Waals surface area (Å²) < 4.78 is 28.6. The topological polar surface area (TPSA) is 61.2 Å². The molecule has 5 nitrogen and oxygen atoms in total. The molecule has 0 aromatic carbocycles. The van der Waals surface area contributed by atoms with Gasteiger partial charge < -0.3 is 9.30 Å². The fourth-order valence-corrected chi connectivity index (χ4v) is 1.68. The second-order valence-corrected chi connectivity index (χ2v) is 5.51. The summed E-state index contributed by atoms with van der Waals surface area (Å²) >= 11 is 0. The third-order valence-corrected chi connectivity index (χ3v) is 2.89. The van der Waals surface area contributed by atoms with Crippen LogP contribution in [0.3, 0.4) is 0 Å². The first-order chi connectivity index (χ1) is 7.04. The van der Waals surface area contributed by atoms with Crippen LogP contribution < -0.4 is 0 Å². The molecule has 1 heterocycles. The highest BCUT2D eigenvalue weighted by Crippen LogP contribution is 2.10. The quantitative estimate of drug-likeness (QED) is 0.565. The molecule has 0 aliphatic heterocycles. The molecule has 0 N–H and O–H groups in total. The van der Waals surface area contributed by atoms with E-state index in [0.29, 0.717) is 19.8 Å². The smallest absolute Gasteiger partial charge is 0.280 e. The monoisotopic (exact) mass is 252 g/mol. The van der Waals surface area contributed by atoms with Crippen molar-refractivity contribution in [3.63, 3.8) is 0 Å². The molecule has 0 aliphatic rings. The maximum Gasteiger partial charge on any atom is 0.280 e. The average molecular weight is 253 g/mol. The predicted molar refractivity (Wildman–Crippen MR) is 56.4 cm³/mol. The Morgan fingerprint density at radius 3 is 2.80 bits per heavy atom. The van der Waals surface area contributed by atoms with Gasteiger partial charge in [-0.25, -0.2) is 13.4 Å². The van der Waals surface area contributed by atoms with Crippen molar-refractivity contribution in [1.82, 2.24) is 9.55 Å². The minimum absolute atomic E-state index is 0.125. The molecule has 0 unspecified atom stereocenters. The van der Waals surface area contributed by atoms with Gasteiger partial charge in [0, 0.05) is 30.0 Å². The Labute approximate surface area is 93.4 Å². The van der Waals surface area contributed by atoms with Gasteiger partial charge in [-0.1, -0.05) is 6.92 Å². The Hall–Kier alpha value is -0.590. The average Bonchev–Trinajstić information content (AvgIpc) is 2.60. The van der Waals surface area contributed by atoms with Crippen molar-refractivity contribution >= 4 is 19.7 Å². The number of hydrogen-bond donors (Lipinski definition) is 0. The number of aromatic nitrogens is 2. The molecule has 0 saturated carbocycles. The van der Waals surface area contributed by atoms with Gasteiger partial charge in [0.05, 0.1) is 12.9 Å². The van der Waals surface area contributed by atoms with Crippen LogP contribution in [-0.2, 0) is 20.3 Å². The lowest BCUT2D eigenvalue weighted by Crippen LogP contribution is -2.04. The molecule has 0 fully saturated rings. The molecule has 0 aliphatic carbocycles. The van der Waals surface area contributed by atoms with Gasteiger partial charge in [0.25, 0.3) is 9.05 Å². The van der Waals surface area contributed by atoms with Crippen LogP contribution in [0.4, 0.5) is 0 Å². The first kappa shape index (κ1) is 12.5. The van der Waals surface area contributed by atoms with Crippen molar-refractivity contribution in [2.24, 2.45) is 0 Å². The highest BCUT2D eigenvalue weighted by atomic mass is 35.7. The van der Waals surface area contributed by atoms with Gasteiger partial charge in [-0.15, -0.1) is 0 Å². The van der Waals surface area contributed by atoms with Crippen LogP contribution in [0.5, 0.6) is 0 Å². The largest absolute Gasteiger partial charge is 0.380 e. The minimum atomic E-state index is -3.72. The lowest BCUT2D eigenvalue weighted by molar-refractivity contribution is 0.127. The van der Waals surface area contributed by atoms with Crippen LogP contribution in [0.1, 0.15) is 13.3 Å². The van der Waals surface area contributed by atoms with E-state index in [-0.39, 0.29) is 5.03 Å². The van der Waals surface area contributed by atoms with Crippen LogP contribution in [0, 0.1) is 0 Å². The van der Waals surface area contributed by atoms with E-state index >= 15 is 0 Å². The van der Waals surface area contributed by atoms with E-state index in [2.05, 4.69) is 4.98 Å². The predicted octanol–water partition coefficient (Wildman–Crippen LogP) is 1.24. The van der Waals surface area contributed by atoms with Crippen LogP contribution in [0.2, 0.25) is 0 Å². The van der Waals surface area contributed by atoms with Crippen LogP contribution in [0.25, 0.3) is 0 Å². The number of ether oxygens (including phenoxy) is 1. The van der Waals surface area contributed by atoms with Crippen LogP contribution in [0.15, 0.2) is 17.6 Å². The van der Waals surface area contributed by atoms with Gasteiger partial charge >= 0.3 is 0 Å². The lowest BCUT2D eigenvalue weighted by Gasteiger charge is -2.02. The molecule has 86 valence electrons. The fraction of sp³-hybridized carbons (Fsp3) is 0.625. The molecule has 0 radical (unpaired) electrons. The number of rotatable bonds is 6. The van der Waals surface area contributed by atoms with Crippen molar-refractivity contribution in [1.29, 1.82) is 0 Å². The van der Waals surface area contributed by atoms with E-state index in [0.717, 1.165) is 6.42 Å². The number of hydrogen-bond acceptors (Lipinski definition) is 4. The van der Waals surface area contributed by atoms with E-state index in [4.69, 9.17) is 15.4 Å². The highest BCUT2D eigenvalue weighted by Gasteiger charge is 2.12. The normalized spacial score (nSPS) is 11.9. The van der Waals surface area contributed by atoms with E-state index in [1.807, 2.05) is 6.92 Å². The molecule has 15 heavy (non-hydrogen) atoms. The lowest BCUT2D eigenvalue weighted by atomic mass is 10.5. The van der Waals surface area contributed by atoms with E-state index in [9.17, 15) is 8.42 Å². The summed E-state index contributed by atoms with van der Waals surface area (Å²) in [4.78, 5) is 3.67. The van der Waals surface area contributed by atoms with E-state index in [1.54, 1.807) is 4.57 Å². The summed E-state index contributed by atoms with van der Waals surface area (Å²) in [6, 6.07) is 0. The SMILES string of the molecule is CCCOCCn1cnc(S(=O)(=O)Cl)c1. The number of nitrogens with zero attached hydrogens (tertiary/aromatic N) is 2. The maximum atomic E-state index is 10.9. The number of halogens is 1. The van der Waals surface area contributed by atoms with Crippen molar-refractivity contribution < 1.29 is 13.2 Å². The summed E-state index contributed by atoms with van der Waals surface area (Å²) in [6.45, 7) is 3.83.